The van der Waals surface area contributed by atoms with Gasteiger partial charge in [-0.3, -0.25) is 4.79 Å². The van der Waals surface area contributed by atoms with Crippen LogP contribution in [0.15, 0.2) is 0 Å². The largest absolute Gasteiger partial charge is 0.465 e. The minimum Gasteiger partial charge on any atom is -0.465 e. The van der Waals surface area contributed by atoms with Crippen molar-refractivity contribution in [3.05, 3.63) is 0 Å². The van der Waals surface area contributed by atoms with Gasteiger partial charge >= 0.3 is 5.97 Å². The number of ether oxygens (including phenoxy) is 1. The van der Waals surface area contributed by atoms with Crippen LogP contribution in [0.3, 0.4) is 0 Å². The van der Waals surface area contributed by atoms with Crippen LogP contribution in [0, 0.1) is 17.3 Å². The molecular weight excluding hydrogens is 248 g/mol. The Morgan fingerprint density at radius 1 is 1.57 bits per heavy atom. The molecule has 0 unspecified atom stereocenters. The summed E-state index contributed by atoms with van der Waals surface area (Å²) in [6.07, 6.45) is 2.58. The first-order chi connectivity index (χ1) is 6.65. The van der Waals surface area contributed by atoms with E-state index in [1.165, 1.54) is 0 Å². The second-order valence-corrected chi connectivity index (χ2v) is 5.81. The van der Waals surface area contributed by atoms with Crippen molar-refractivity contribution < 1.29 is 14.6 Å². The topological polar surface area (TPSA) is 46.5 Å². The number of carbonyl (C=O) groups excluding carboxylic acids is 1. The Morgan fingerprint density at radius 2 is 2.36 bits per heavy atom. The Balaban J connectivity index is 2.03. The summed E-state index contributed by atoms with van der Waals surface area (Å²) in [5.74, 6) is 0.275. The first kappa shape index (κ1) is 9.16. The van der Waals surface area contributed by atoms with Gasteiger partial charge in [0.15, 0.2) is 0 Å². The van der Waals surface area contributed by atoms with E-state index < -0.39 is 0 Å². The number of esters is 1. The summed E-state index contributed by atoms with van der Waals surface area (Å²) in [7, 11) is 0. The summed E-state index contributed by atoms with van der Waals surface area (Å²) >= 11 is 3.55. The van der Waals surface area contributed by atoms with Crippen LogP contribution in [0.1, 0.15) is 19.3 Å². The molecule has 0 aromatic rings. The summed E-state index contributed by atoms with van der Waals surface area (Å²) in [5, 5.41) is 9.98. The number of rotatable bonds is 0. The molecule has 4 fully saturated rings. The predicted molar refractivity (Wildman–Crippen MR) is 52.9 cm³/mol. The number of aliphatic hydroxyl groups excluding tert-OH is 1. The van der Waals surface area contributed by atoms with Crippen molar-refractivity contribution >= 4 is 21.9 Å². The number of aliphatic hydroxyl groups is 1. The quantitative estimate of drug-likeness (QED) is 0.524. The number of carbonyl (C=O) groups is 1. The number of hydrogen-bond donors (Lipinski definition) is 1. The van der Waals surface area contributed by atoms with Gasteiger partial charge in [0.2, 0.25) is 0 Å². The third-order valence-electron chi connectivity index (χ3n) is 4.31. The van der Waals surface area contributed by atoms with Gasteiger partial charge in [-0.25, -0.2) is 0 Å². The summed E-state index contributed by atoms with van der Waals surface area (Å²) in [5.41, 5.74) is -0.106. The van der Waals surface area contributed by atoms with Crippen LogP contribution < -0.4 is 0 Å². The van der Waals surface area contributed by atoms with Gasteiger partial charge in [-0.05, 0) is 25.2 Å². The maximum Gasteiger partial charge on any atom is 0.309 e. The lowest BCUT2D eigenvalue weighted by Gasteiger charge is -2.52. The molecule has 14 heavy (non-hydrogen) atoms. The molecule has 3 nitrogen and oxygen atoms in total. The predicted octanol–water partition coefficient (Wildman–Crippen LogP) is 1.08. The van der Waals surface area contributed by atoms with Crippen molar-refractivity contribution in [1.82, 2.24) is 0 Å². The van der Waals surface area contributed by atoms with E-state index in [-0.39, 0.29) is 34.2 Å². The molecule has 1 aliphatic heterocycles. The van der Waals surface area contributed by atoms with Crippen LogP contribution in [0.25, 0.3) is 0 Å². The van der Waals surface area contributed by atoms with E-state index in [0.29, 0.717) is 6.61 Å². The van der Waals surface area contributed by atoms with Crippen LogP contribution >= 0.6 is 15.9 Å². The van der Waals surface area contributed by atoms with E-state index in [2.05, 4.69) is 15.9 Å². The molecule has 4 rings (SSSR count). The Hall–Kier alpha value is -0.0900. The third-order valence-corrected chi connectivity index (χ3v) is 5.77. The van der Waals surface area contributed by atoms with Crippen LogP contribution in [0.2, 0.25) is 0 Å². The summed E-state index contributed by atoms with van der Waals surface area (Å²) in [6, 6.07) is 0. The van der Waals surface area contributed by atoms with E-state index in [1.54, 1.807) is 0 Å². The van der Waals surface area contributed by atoms with Crippen molar-refractivity contribution in [3.8, 4) is 0 Å². The van der Waals surface area contributed by atoms with Gasteiger partial charge in [0.05, 0.1) is 23.5 Å². The fraction of sp³-hybridized carbons (Fsp3) is 0.900. The van der Waals surface area contributed by atoms with Crippen molar-refractivity contribution in [1.29, 1.82) is 0 Å². The monoisotopic (exact) mass is 260 g/mol. The van der Waals surface area contributed by atoms with Gasteiger partial charge in [-0.1, -0.05) is 15.9 Å². The molecular formula is C10H13BrO3. The van der Waals surface area contributed by atoms with E-state index in [0.717, 1.165) is 19.3 Å². The van der Waals surface area contributed by atoms with Gasteiger partial charge in [0.25, 0.3) is 0 Å². The molecule has 0 amide bonds. The summed E-state index contributed by atoms with van der Waals surface area (Å²) in [4.78, 5) is 11.6. The maximum absolute atomic E-state index is 11.5. The van der Waals surface area contributed by atoms with Gasteiger partial charge in [0.1, 0.15) is 0 Å². The van der Waals surface area contributed by atoms with Gasteiger partial charge in [-0.2, -0.15) is 0 Å². The molecule has 2 bridgehead atoms. The van der Waals surface area contributed by atoms with Crippen molar-refractivity contribution in [3.63, 3.8) is 0 Å². The lowest BCUT2D eigenvalue weighted by molar-refractivity contribution is -0.143. The Kier molecular flexibility index (Phi) is 1.78. The van der Waals surface area contributed by atoms with Crippen LogP contribution in [-0.4, -0.2) is 28.6 Å². The molecule has 1 heterocycles. The third kappa shape index (κ3) is 0.890. The number of alkyl halides is 1. The average Bonchev–Trinajstić information content (AvgIpc) is 2.54. The highest BCUT2D eigenvalue weighted by Crippen LogP contribution is 2.59. The van der Waals surface area contributed by atoms with Crippen LogP contribution in [0.5, 0.6) is 0 Å². The average molecular weight is 261 g/mol. The highest BCUT2D eigenvalue weighted by Gasteiger charge is 2.63. The van der Waals surface area contributed by atoms with Crippen LogP contribution in [0.4, 0.5) is 0 Å². The standard InChI is InChI=1S/C10H13BrO3/c11-8-7(12)5-1-2-10(8)4-14-9(13)6(10)3-5/h5-8,12H,1-4H2/t5-,6+,7-,8+,10-/m0/s1. The zero-order valence-corrected chi connectivity index (χ0v) is 9.37. The molecule has 3 aliphatic carbocycles. The van der Waals surface area contributed by atoms with E-state index in [1.807, 2.05) is 0 Å². The normalized spacial score (nSPS) is 55.7. The van der Waals surface area contributed by atoms with Crippen molar-refractivity contribution in [2.45, 2.75) is 30.2 Å². The summed E-state index contributed by atoms with van der Waals surface area (Å²) < 4.78 is 5.16. The highest BCUT2D eigenvalue weighted by atomic mass is 79.9. The smallest absolute Gasteiger partial charge is 0.309 e. The Bertz CT molecular complexity index is 293. The fourth-order valence-electron chi connectivity index (χ4n) is 3.39. The minimum atomic E-state index is -0.297. The second kappa shape index (κ2) is 2.73. The number of cyclic esters (lactones) is 1. The lowest BCUT2D eigenvalue weighted by atomic mass is 9.55. The lowest BCUT2D eigenvalue weighted by Crippen LogP contribution is -2.57. The van der Waals surface area contributed by atoms with E-state index in [9.17, 15) is 9.90 Å². The zero-order valence-electron chi connectivity index (χ0n) is 7.78. The highest BCUT2D eigenvalue weighted by molar-refractivity contribution is 9.09. The molecule has 4 heteroatoms. The number of fused-ring (bicyclic) bond motifs is 2. The maximum atomic E-state index is 11.5. The molecule has 0 aromatic heterocycles. The van der Waals surface area contributed by atoms with E-state index >= 15 is 0 Å². The SMILES string of the molecule is O=C1OC[C@@]23CC[C@@H](C[C@H]12)[C@H](O)[C@H]3Br. The molecule has 78 valence electrons. The summed E-state index contributed by atoms with van der Waals surface area (Å²) in [6.45, 7) is 0.496. The van der Waals surface area contributed by atoms with Gasteiger partial charge < -0.3 is 9.84 Å². The zero-order chi connectivity index (χ0) is 9.92. The molecule has 1 spiro atoms. The molecule has 0 radical (unpaired) electrons. The first-order valence-corrected chi connectivity index (χ1v) is 6.05. The Labute approximate surface area is 90.9 Å². The minimum absolute atomic E-state index is 0.0361. The van der Waals surface area contributed by atoms with Gasteiger partial charge in [-0.15, -0.1) is 0 Å². The Morgan fingerprint density at radius 3 is 3.14 bits per heavy atom. The van der Waals surface area contributed by atoms with Crippen molar-refractivity contribution in [2.75, 3.05) is 6.61 Å². The fourth-order valence-corrected chi connectivity index (χ4v) is 4.50. The first-order valence-electron chi connectivity index (χ1n) is 5.14. The molecule has 5 atom stereocenters. The molecule has 0 aromatic carbocycles. The second-order valence-electron chi connectivity index (χ2n) is 4.82. The van der Waals surface area contributed by atoms with Crippen molar-refractivity contribution in [2.24, 2.45) is 17.3 Å². The van der Waals surface area contributed by atoms with Crippen LogP contribution in [-0.2, 0) is 9.53 Å². The van der Waals surface area contributed by atoms with E-state index in [4.69, 9.17) is 4.74 Å². The number of hydrogen-bond acceptors (Lipinski definition) is 3. The van der Waals surface area contributed by atoms with Gasteiger partial charge in [0, 0.05) is 5.41 Å². The molecule has 4 aliphatic rings. The molecule has 3 saturated carbocycles. The molecule has 1 saturated heterocycles. The molecule has 1 N–H and O–H groups in total. The number of halogens is 1.